The van der Waals surface area contributed by atoms with Gasteiger partial charge in [-0.15, -0.1) is 0 Å². The largest absolute Gasteiger partial charge is 0.495 e. The van der Waals surface area contributed by atoms with Gasteiger partial charge in [-0.2, -0.15) is 0 Å². The van der Waals surface area contributed by atoms with Crippen molar-refractivity contribution in [3.63, 3.8) is 0 Å². The van der Waals surface area contributed by atoms with Crippen molar-refractivity contribution in [3.8, 4) is 5.75 Å². The molecule has 1 aromatic carbocycles. The second-order valence-corrected chi connectivity index (χ2v) is 6.25. The Morgan fingerprint density at radius 1 is 1.50 bits per heavy atom. The van der Waals surface area contributed by atoms with Crippen LogP contribution < -0.4 is 20.5 Å². The fourth-order valence-corrected chi connectivity index (χ4v) is 2.46. The maximum absolute atomic E-state index is 11.9. The molecule has 20 heavy (non-hydrogen) atoms. The molecule has 7 nitrogen and oxygen atoms in total. The SMILES string of the molecule is COc1ccc(S(N)(=O)=O)cc1NC(=O)CC1CNC1. The van der Waals surface area contributed by atoms with Gasteiger partial charge in [0.05, 0.1) is 17.7 Å². The molecule has 1 fully saturated rings. The van der Waals surface area contributed by atoms with E-state index >= 15 is 0 Å². The Balaban J connectivity index is 2.17. The minimum absolute atomic E-state index is 0.0705. The third-order valence-electron chi connectivity index (χ3n) is 3.11. The lowest BCUT2D eigenvalue weighted by molar-refractivity contribution is -0.117. The predicted octanol–water partition coefficient (Wildman–Crippen LogP) is -0.109. The van der Waals surface area contributed by atoms with E-state index in [1.165, 1.54) is 25.3 Å². The maximum atomic E-state index is 11.9. The molecule has 0 atom stereocenters. The normalized spacial score (nSPS) is 15.5. The Hall–Kier alpha value is -1.64. The zero-order valence-electron chi connectivity index (χ0n) is 11.0. The van der Waals surface area contributed by atoms with Crippen LogP contribution in [-0.4, -0.2) is 34.5 Å². The van der Waals surface area contributed by atoms with E-state index in [0.717, 1.165) is 13.1 Å². The first-order valence-electron chi connectivity index (χ1n) is 6.11. The number of nitrogens with one attached hydrogen (secondary N) is 2. The van der Waals surface area contributed by atoms with Crippen LogP contribution in [0.15, 0.2) is 23.1 Å². The molecule has 8 heteroatoms. The van der Waals surface area contributed by atoms with E-state index in [4.69, 9.17) is 9.88 Å². The summed E-state index contributed by atoms with van der Waals surface area (Å²) in [6, 6.07) is 4.09. The Labute approximate surface area is 117 Å². The molecule has 2 rings (SSSR count). The van der Waals surface area contributed by atoms with Gasteiger partial charge in [-0.3, -0.25) is 4.79 Å². The van der Waals surface area contributed by atoms with E-state index in [9.17, 15) is 13.2 Å². The van der Waals surface area contributed by atoms with Gasteiger partial charge in [0.1, 0.15) is 5.75 Å². The summed E-state index contributed by atoms with van der Waals surface area (Å²) in [4.78, 5) is 11.8. The molecule has 110 valence electrons. The molecule has 0 aliphatic carbocycles. The second kappa shape index (κ2) is 5.78. The molecule has 1 aliphatic heterocycles. The standard InChI is InChI=1S/C12H17N3O4S/c1-19-11-3-2-9(20(13,17)18)5-10(11)15-12(16)4-8-6-14-7-8/h2-3,5,8,14H,4,6-7H2,1H3,(H,15,16)(H2,13,17,18). The summed E-state index contributed by atoms with van der Waals surface area (Å²) in [7, 11) is -2.38. The summed E-state index contributed by atoms with van der Waals surface area (Å²) in [5.74, 6) is 0.529. The number of hydrogen-bond donors (Lipinski definition) is 3. The number of amides is 1. The molecule has 0 aromatic heterocycles. The summed E-state index contributed by atoms with van der Waals surface area (Å²) in [6.07, 6.45) is 0.385. The molecular formula is C12H17N3O4S. The van der Waals surface area contributed by atoms with Crippen molar-refractivity contribution in [2.75, 3.05) is 25.5 Å². The molecule has 1 saturated heterocycles. The number of carbonyl (C=O) groups excluding carboxylic acids is 1. The lowest BCUT2D eigenvalue weighted by Gasteiger charge is -2.26. The Kier molecular flexibility index (Phi) is 4.26. The quantitative estimate of drug-likeness (QED) is 0.702. The third kappa shape index (κ3) is 3.47. The van der Waals surface area contributed by atoms with E-state index in [0.29, 0.717) is 23.8 Å². The Morgan fingerprint density at radius 2 is 2.20 bits per heavy atom. The highest BCUT2D eigenvalue weighted by Crippen LogP contribution is 2.27. The average Bonchev–Trinajstić information content (AvgIpc) is 2.33. The van der Waals surface area contributed by atoms with Crippen molar-refractivity contribution >= 4 is 21.6 Å². The first-order valence-corrected chi connectivity index (χ1v) is 7.66. The van der Waals surface area contributed by atoms with Gasteiger partial charge < -0.3 is 15.4 Å². The molecule has 0 unspecified atom stereocenters. The molecule has 1 aromatic rings. The van der Waals surface area contributed by atoms with Gasteiger partial charge in [-0.25, -0.2) is 13.6 Å². The van der Waals surface area contributed by atoms with E-state index in [1.807, 2.05) is 0 Å². The fraction of sp³-hybridized carbons (Fsp3) is 0.417. The van der Waals surface area contributed by atoms with E-state index in [1.54, 1.807) is 0 Å². The van der Waals surface area contributed by atoms with Crippen LogP contribution in [0, 0.1) is 5.92 Å². The third-order valence-corrected chi connectivity index (χ3v) is 4.02. The first-order chi connectivity index (χ1) is 9.40. The smallest absolute Gasteiger partial charge is 0.238 e. The summed E-state index contributed by atoms with van der Waals surface area (Å²) < 4.78 is 27.7. The number of benzene rings is 1. The zero-order chi connectivity index (χ0) is 14.8. The lowest BCUT2D eigenvalue weighted by Crippen LogP contribution is -2.43. The summed E-state index contributed by atoms with van der Waals surface area (Å²) in [6.45, 7) is 1.64. The van der Waals surface area contributed by atoms with Crippen LogP contribution in [0.4, 0.5) is 5.69 Å². The number of sulfonamides is 1. The van der Waals surface area contributed by atoms with E-state index in [2.05, 4.69) is 10.6 Å². The van der Waals surface area contributed by atoms with Crippen molar-refractivity contribution in [1.29, 1.82) is 0 Å². The molecule has 1 amide bonds. The van der Waals surface area contributed by atoms with Crippen molar-refractivity contribution in [2.45, 2.75) is 11.3 Å². The summed E-state index contributed by atoms with van der Waals surface area (Å²) in [5, 5.41) is 10.8. The number of primary sulfonamides is 1. The molecule has 0 radical (unpaired) electrons. The van der Waals surface area contributed by atoms with Crippen molar-refractivity contribution < 1.29 is 17.9 Å². The van der Waals surface area contributed by atoms with Crippen LogP contribution in [0.25, 0.3) is 0 Å². The highest BCUT2D eigenvalue weighted by Gasteiger charge is 2.21. The minimum Gasteiger partial charge on any atom is -0.495 e. The number of rotatable bonds is 5. The first kappa shape index (κ1) is 14.8. The maximum Gasteiger partial charge on any atom is 0.238 e. The van der Waals surface area contributed by atoms with Gasteiger partial charge in [0, 0.05) is 6.42 Å². The number of carbonyl (C=O) groups is 1. The van der Waals surface area contributed by atoms with Gasteiger partial charge in [-0.05, 0) is 37.2 Å². The zero-order valence-corrected chi connectivity index (χ0v) is 11.9. The monoisotopic (exact) mass is 299 g/mol. The number of ether oxygens (including phenoxy) is 1. The minimum atomic E-state index is -3.82. The van der Waals surface area contributed by atoms with Gasteiger partial charge in [-0.1, -0.05) is 0 Å². The second-order valence-electron chi connectivity index (χ2n) is 4.68. The predicted molar refractivity (Wildman–Crippen MR) is 74.0 cm³/mol. The fourth-order valence-electron chi connectivity index (χ4n) is 1.92. The van der Waals surface area contributed by atoms with Gasteiger partial charge in [0.25, 0.3) is 0 Å². The van der Waals surface area contributed by atoms with Crippen LogP contribution in [0.1, 0.15) is 6.42 Å². The molecule has 0 saturated carbocycles. The number of hydrogen-bond acceptors (Lipinski definition) is 5. The van der Waals surface area contributed by atoms with Crippen LogP contribution in [0.2, 0.25) is 0 Å². The van der Waals surface area contributed by atoms with Gasteiger partial charge in [0.2, 0.25) is 15.9 Å². The lowest BCUT2D eigenvalue weighted by atomic mass is 9.99. The average molecular weight is 299 g/mol. The molecular weight excluding hydrogens is 282 g/mol. The molecule has 1 aliphatic rings. The van der Waals surface area contributed by atoms with Crippen molar-refractivity contribution in [1.82, 2.24) is 5.32 Å². The molecule has 0 spiro atoms. The van der Waals surface area contributed by atoms with Crippen molar-refractivity contribution in [2.24, 2.45) is 11.1 Å². The highest BCUT2D eigenvalue weighted by molar-refractivity contribution is 7.89. The summed E-state index contributed by atoms with van der Waals surface area (Å²) in [5.41, 5.74) is 0.302. The summed E-state index contributed by atoms with van der Waals surface area (Å²) >= 11 is 0. The van der Waals surface area contributed by atoms with Crippen LogP contribution >= 0.6 is 0 Å². The van der Waals surface area contributed by atoms with Crippen LogP contribution in [-0.2, 0) is 14.8 Å². The number of nitrogens with two attached hydrogens (primary N) is 1. The van der Waals surface area contributed by atoms with Gasteiger partial charge in [0.15, 0.2) is 0 Å². The molecule has 1 heterocycles. The van der Waals surface area contributed by atoms with Crippen molar-refractivity contribution in [3.05, 3.63) is 18.2 Å². The van der Waals surface area contributed by atoms with Gasteiger partial charge >= 0.3 is 0 Å². The number of anilines is 1. The van der Waals surface area contributed by atoms with E-state index < -0.39 is 10.0 Å². The molecule has 0 bridgehead atoms. The van der Waals surface area contributed by atoms with Crippen LogP contribution in [0.3, 0.4) is 0 Å². The van der Waals surface area contributed by atoms with E-state index in [-0.39, 0.29) is 10.8 Å². The molecule has 4 N–H and O–H groups in total. The Morgan fingerprint density at radius 3 is 2.70 bits per heavy atom. The highest BCUT2D eigenvalue weighted by atomic mass is 32.2. The Bertz CT molecular complexity index is 611. The van der Waals surface area contributed by atoms with Crippen LogP contribution in [0.5, 0.6) is 5.75 Å². The topological polar surface area (TPSA) is 111 Å². The number of methoxy groups -OCH3 is 1.